The second-order valence-corrected chi connectivity index (χ2v) is 6.42. The molecule has 0 spiro atoms. The predicted octanol–water partition coefficient (Wildman–Crippen LogP) is 2.89. The van der Waals surface area contributed by atoms with Gasteiger partial charge in [-0.15, -0.1) is 0 Å². The summed E-state index contributed by atoms with van der Waals surface area (Å²) < 4.78 is 0. The zero-order chi connectivity index (χ0) is 12.3. The van der Waals surface area contributed by atoms with Gasteiger partial charge in [-0.2, -0.15) is 0 Å². The van der Waals surface area contributed by atoms with E-state index in [9.17, 15) is 0 Å². The van der Waals surface area contributed by atoms with E-state index in [1.165, 1.54) is 51.6 Å². The van der Waals surface area contributed by atoms with Gasteiger partial charge in [-0.3, -0.25) is 0 Å². The average Bonchev–Trinajstić information content (AvgIpc) is 2.39. The fraction of sp³-hybridized carbons (Fsp3) is 1.00. The Kier molecular flexibility index (Phi) is 4.87. The molecule has 17 heavy (non-hydrogen) atoms. The van der Waals surface area contributed by atoms with Crippen molar-refractivity contribution in [3.8, 4) is 0 Å². The maximum atomic E-state index is 3.47. The Labute approximate surface area is 107 Å². The third-order valence-electron chi connectivity index (χ3n) is 5.09. The van der Waals surface area contributed by atoms with E-state index in [1.54, 1.807) is 0 Å². The minimum Gasteiger partial charge on any atom is -0.317 e. The third kappa shape index (κ3) is 3.45. The summed E-state index contributed by atoms with van der Waals surface area (Å²) in [6.07, 6.45) is 8.47. The van der Waals surface area contributed by atoms with Crippen LogP contribution in [0.1, 0.15) is 52.4 Å². The van der Waals surface area contributed by atoms with Gasteiger partial charge >= 0.3 is 0 Å². The lowest BCUT2D eigenvalue weighted by molar-refractivity contribution is 0.0856. The Morgan fingerprint density at radius 3 is 2.35 bits per heavy atom. The van der Waals surface area contributed by atoms with Crippen molar-refractivity contribution in [3.63, 3.8) is 0 Å². The van der Waals surface area contributed by atoms with Crippen molar-refractivity contribution in [1.29, 1.82) is 0 Å². The van der Waals surface area contributed by atoms with Crippen LogP contribution < -0.4 is 5.32 Å². The lowest BCUT2D eigenvalue weighted by atomic mass is 9.84. The molecule has 1 N–H and O–H groups in total. The molecule has 2 atom stereocenters. The van der Waals surface area contributed by atoms with Gasteiger partial charge in [0.1, 0.15) is 0 Å². The Bertz CT molecular complexity index is 219. The zero-order valence-electron chi connectivity index (χ0n) is 11.9. The van der Waals surface area contributed by atoms with Crippen LogP contribution in [0, 0.1) is 11.8 Å². The van der Waals surface area contributed by atoms with Gasteiger partial charge in [-0.05, 0) is 64.1 Å². The molecule has 2 heteroatoms. The summed E-state index contributed by atoms with van der Waals surface area (Å²) in [6, 6.07) is 1.64. The molecule has 1 saturated carbocycles. The van der Waals surface area contributed by atoms with E-state index in [2.05, 4.69) is 31.1 Å². The van der Waals surface area contributed by atoms with Gasteiger partial charge in [-0.25, -0.2) is 0 Å². The molecule has 1 saturated heterocycles. The standard InChI is InChI=1S/C15H30N2/c1-12(2)13-7-9-17(10-8-13)15-6-4-5-14(11-15)16-3/h12-16H,4-11H2,1-3H3. The van der Waals surface area contributed by atoms with Gasteiger partial charge in [0.05, 0.1) is 0 Å². The summed E-state index contributed by atoms with van der Waals surface area (Å²) in [6.45, 7) is 7.48. The minimum absolute atomic E-state index is 0.775. The smallest absolute Gasteiger partial charge is 0.0110 e. The van der Waals surface area contributed by atoms with E-state index in [0.29, 0.717) is 0 Å². The Hall–Kier alpha value is -0.0800. The van der Waals surface area contributed by atoms with Crippen molar-refractivity contribution >= 4 is 0 Å². The fourth-order valence-electron chi connectivity index (χ4n) is 3.71. The van der Waals surface area contributed by atoms with E-state index in [0.717, 1.165) is 23.9 Å². The molecule has 0 amide bonds. The molecule has 0 aromatic heterocycles. The number of likely N-dealkylation sites (tertiary alicyclic amines) is 1. The minimum atomic E-state index is 0.775. The van der Waals surface area contributed by atoms with Crippen LogP contribution in [-0.2, 0) is 0 Å². The van der Waals surface area contributed by atoms with Crippen molar-refractivity contribution in [2.24, 2.45) is 11.8 Å². The Morgan fingerprint density at radius 2 is 1.76 bits per heavy atom. The molecule has 0 bridgehead atoms. The van der Waals surface area contributed by atoms with E-state index in [-0.39, 0.29) is 0 Å². The topological polar surface area (TPSA) is 15.3 Å². The van der Waals surface area contributed by atoms with Gasteiger partial charge in [0, 0.05) is 12.1 Å². The van der Waals surface area contributed by atoms with Crippen molar-refractivity contribution < 1.29 is 0 Å². The second kappa shape index (κ2) is 6.19. The summed E-state index contributed by atoms with van der Waals surface area (Å²) in [4.78, 5) is 2.78. The van der Waals surface area contributed by atoms with Gasteiger partial charge in [0.2, 0.25) is 0 Å². The first kappa shape index (κ1) is 13.4. The predicted molar refractivity (Wildman–Crippen MR) is 74.2 cm³/mol. The monoisotopic (exact) mass is 238 g/mol. The third-order valence-corrected chi connectivity index (χ3v) is 5.09. The molecule has 0 radical (unpaired) electrons. The highest BCUT2D eigenvalue weighted by molar-refractivity contribution is 4.86. The largest absolute Gasteiger partial charge is 0.317 e. The maximum Gasteiger partial charge on any atom is 0.0110 e. The number of nitrogens with one attached hydrogen (secondary N) is 1. The Morgan fingerprint density at radius 1 is 1.06 bits per heavy atom. The summed E-state index contributed by atoms with van der Waals surface area (Å²) >= 11 is 0. The van der Waals surface area contributed by atoms with Gasteiger partial charge in [0.15, 0.2) is 0 Å². The molecule has 2 unspecified atom stereocenters. The van der Waals surface area contributed by atoms with Gasteiger partial charge < -0.3 is 10.2 Å². The first-order chi connectivity index (χ1) is 8.20. The van der Waals surface area contributed by atoms with Crippen LogP contribution >= 0.6 is 0 Å². The lowest BCUT2D eigenvalue weighted by Crippen LogP contribution is -2.47. The van der Waals surface area contributed by atoms with Crippen molar-refractivity contribution in [2.75, 3.05) is 20.1 Å². The normalized spacial score (nSPS) is 33.2. The van der Waals surface area contributed by atoms with E-state index in [4.69, 9.17) is 0 Å². The molecular weight excluding hydrogens is 208 g/mol. The number of hydrogen-bond donors (Lipinski definition) is 1. The number of hydrogen-bond acceptors (Lipinski definition) is 2. The molecule has 2 rings (SSSR count). The van der Waals surface area contributed by atoms with Crippen LogP contribution in [-0.4, -0.2) is 37.1 Å². The van der Waals surface area contributed by atoms with Gasteiger partial charge in [-0.1, -0.05) is 20.3 Å². The van der Waals surface area contributed by atoms with Crippen LogP contribution in [0.25, 0.3) is 0 Å². The first-order valence-corrected chi connectivity index (χ1v) is 7.62. The Balaban J connectivity index is 1.80. The molecule has 2 aliphatic rings. The molecule has 1 heterocycles. The molecule has 1 aliphatic heterocycles. The first-order valence-electron chi connectivity index (χ1n) is 7.62. The van der Waals surface area contributed by atoms with E-state index >= 15 is 0 Å². The van der Waals surface area contributed by atoms with Crippen LogP contribution in [0.5, 0.6) is 0 Å². The van der Waals surface area contributed by atoms with Crippen LogP contribution in [0.4, 0.5) is 0 Å². The summed E-state index contributed by atoms with van der Waals surface area (Å²) in [5.74, 6) is 1.86. The zero-order valence-corrected chi connectivity index (χ0v) is 11.9. The lowest BCUT2D eigenvalue weighted by Gasteiger charge is -2.42. The number of rotatable bonds is 3. The molecule has 100 valence electrons. The summed E-state index contributed by atoms with van der Waals surface area (Å²) in [5, 5.41) is 3.47. The highest BCUT2D eigenvalue weighted by atomic mass is 15.2. The SMILES string of the molecule is CNC1CCCC(N2CCC(C(C)C)CC2)C1. The van der Waals surface area contributed by atoms with Crippen molar-refractivity contribution in [3.05, 3.63) is 0 Å². The van der Waals surface area contributed by atoms with Crippen LogP contribution in [0.3, 0.4) is 0 Å². The van der Waals surface area contributed by atoms with Gasteiger partial charge in [0.25, 0.3) is 0 Å². The quantitative estimate of drug-likeness (QED) is 0.813. The summed E-state index contributed by atoms with van der Waals surface area (Å²) in [7, 11) is 2.12. The molecule has 2 nitrogen and oxygen atoms in total. The molecule has 2 fully saturated rings. The van der Waals surface area contributed by atoms with E-state index < -0.39 is 0 Å². The maximum absolute atomic E-state index is 3.47. The number of nitrogens with zero attached hydrogens (tertiary/aromatic N) is 1. The second-order valence-electron chi connectivity index (χ2n) is 6.42. The van der Waals surface area contributed by atoms with Crippen molar-refractivity contribution in [2.45, 2.75) is 64.5 Å². The fourth-order valence-corrected chi connectivity index (χ4v) is 3.71. The average molecular weight is 238 g/mol. The summed E-state index contributed by atoms with van der Waals surface area (Å²) in [5.41, 5.74) is 0. The van der Waals surface area contributed by atoms with E-state index in [1.807, 2.05) is 0 Å². The number of piperidine rings is 1. The molecule has 1 aliphatic carbocycles. The molecule has 0 aromatic rings. The molecule has 0 aromatic carbocycles. The van der Waals surface area contributed by atoms with Crippen LogP contribution in [0.2, 0.25) is 0 Å². The van der Waals surface area contributed by atoms with Crippen LogP contribution in [0.15, 0.2) is 0 Å². The molecular formula is C15H30N2. The highest BCUT2D eigenvalue weighted by Gasteiger charge is 2.29. The highest BCUT2D eigenvalue weighted by Crippen LogP contribution is 2.29. The van der Waals surface area contributed by atoms with Crippen molar-refractivity contribution in [1.82, 2.24) is 10.2 Å².